The van der Waals surface area contributed by atoms with Crippen LogP contribution in [0.2, 0.25) is 0 Å². The lowest BCUT2D eigenvalue weighted by molar-refractivity contribution is -0.131. The van der Waals surface area contributed by atoms with Gasteiger partial charge in [-0.3, -0.25) is 19.7 Å². The Morgan fingerprint density at radius 2 is 2.03 bits per heavy atom. The fourth-order valence-corrected chi connectivity index (χ4v) is 3.47. The number of hydrogen-bond acceptors (Lipinski definition) is 5. The van der Waals surface area contributed by atoms with E-state index in [1.54, 1.807) is 23.2 Å². The maximum atomic E-state index is 12.6. The highest BCUT2D eigenvalue weighted by atomic mass is 16.2. The Labute approximate surface area is 168 Å². The van der Waals surface area contributed by atoms with Crippen molar-refractivity contribution in [1.82, 2.24) is 30.4 Å². The fourth-order valence-electron chi connectivity index (χ4n) is 3.47. The molecule has 29 heavy (non-hydrogen) atoms. The van der Waals surface area contributed by atoms with Crippen LogP contribution in [0.25, 0.3) is 11.4 Å². The fraction of sp³-hybridized carbons (Fsp3) is 0.286. The van der Waals surface area contributed by atoms with E-state index in [0.717, 1.165) is 24.2 Å². The number of pyridine rings is 1. The average molecular weight is 390 g/mol. The van der Waals surface area contributed by atoms with E-state index in [1.165, 1.54) is 6.20 Å². The summed E-state index contributed by atoms with van der Waals surface area (Å²) in [5.41, 5.74) is 1.39. The summed E-state index contributed by atoms with van der Waals surface area (Å²) in [4.78, 5) is 35.0. The summed E-state index contributed by atoms with van der Waals surface area (Å²) in [5, 5.41) is 10.0. The van der Waals surface area contributed by atoms with Gasteiger partial charge in [-0.1, -0.05) is 30.3 Å². The summed E-state index contributed by atoms with van der Waals surface area (Å²) in [6, 6.07) is 13.1. The van der Waals surface area contributed by atoms with Crippen molar-refractivity contribution in [2.24, 2.45) is 0 Å². The number of aromatic nitrogens is 4. The van der Waals surface area contributed by atoms with Crippen molar-refractivity contribution in [1.29, 1.82) is 0 Å². The largest absolute Gasteiger partial charge is 0.343 e. The number of aromatic amines is 1. The number of hydrogen-bond donors (Lipinski definition) is 2. The van der Waals surface area contributed by atoms with Crippen LogP contribution >= 0.6 is 0 Å². The van der Waals surface area contributed by atoms with Crippen LogP contribution in [0.15, 0.2) is 54.9 Å². The van der Waals surface area contributed by atoms with Crippen molar-refractivity contribution in [3.63, 3.8) is 0 Å². The van der Waals surface area contributed by atoms with E-state index < -0.39 is 0 Å². The Kier molecular flexibility index (Phi) is 5.60. The first-order valence-electron chi connectivity index (χ1n) is 9.64. The van der Waals surface area contributed by atoms with Crippen LogP contribution in [0.1, 0.15) is 34.9 Å². The molecule has 0 aliphatic carbocycles. The van der Waals surface area contributed by atoms with Gasteiger partial charge in [0.2, 0.25) is 5.91 Å². The van der Waals surface area contributed by atoms with Crippen molar-refractivity contribution in [3.05, 3.63) is 66.2 Å². The van der Waals surface area contributed by atoms with Gasteiger partial charge in [0.1, 0.15) is 5.82 Å². The topological polar surface area (TPSA) is 104 Å². The Morgan fingerprint density at radius 1 is 1.17 bits per heavy atom. The quantitative estimate of drug-likeness (QED) is 0.693. The van der Waals surface area contributed by atoms with E-state index in [4.69, 9.17) is 0 Å². The van der Waals surface area contributed by atoms with Crippen LogP contribution in [0.3, 0.4) is 0 Å². The van der Waals surface area contributed by atoms with Crippen molar-refractivity contribution in [2.45, 2.75) is 18.8 Å². The maximum Gasteiger partial charge on any atom is 0.253 e. The molecule has 1 aliphatic heterocycles. The molecule has 8 nitrogen and oxygen atoms in total. The molecule has 1 saturated heterocycles. The first-order valence-corrected chi connectivity index (χ1v) is 9.64. The molecule has 0 radical (unpaired) electrons. The van der Waals surface area contributed by atoms with Crippen molar-refractivity contribution in [2.75, 3.05) is 19.6 Å². The molecule has 1 unspecified atom stereocenters. The standard InChI is InChI=1S/C21H22N6O2/c28-18(13-23-21(29)16-8-4-10-22-12-16)27-11-5-9-17(14-27)20-24-19(25-26-20)15-6-2-1-3-7-15/h1-4,6-8,10,12,17H,5,9,11,13-14H2,(H,23,29)(H,24,25,26). The monoisotopic (exact) mass is 390 g/mol. The highest BCUT2D eigenvalue weighted by Gasteiger charge is 2.27. The van der Waals surface area contributed by atoms with E-state index in [1.807, 2.05) is 30.3 Å². The Bertz CT molecular complexity index is 973. The number of carbonyl (C=O) groups excluding carboxylic acids is 2. The summed E-state index contributed by atoms with van der Waals surface area (Å²) < 4.78 is 0. The van der Waals surface area contributed by atoms with Gasteiger partial charge in [0.15, 0.2) is 5.82 Å². The predicted molar refractivity (Wildman–Crippen MR) is 107 cm³/mol. The summed E-state index contributed by atoms with van der Waals surface area (Å²) in [5.74, 6) is 1.15. The number of benzene rings is 1. The highest BCUT2D eigenvalue weighted by Crippen LogP contribution is 2.26. The van der Waals surface area contributed by atoms with Crippen molar-refractivity contribution in [3.8, 4) is 11.4 Å². The molecule has 1 fully saturated rings. The van der Waals surface area contributed by atoms with Gasteiger partial charge < -0.3 is 10.2 Å². The molecule has 4 rings (SSSR count). The molecule has 0 bridgehead atoms. The summed E-state index contributed by atoms with van der Waals surface area (Å²) in [6.07, 6.45) is 4.90. The van der Waals surface area contributed by atoms with Gasteiger partial charge >= 0.3 is 0 Å². The molecule has 1 atom stereocenters. The van der Waals surface area contributed by atoms with E-state index in [9.17, 15) is 9.59 Å². The van der Waals surface area contributed by atoms with Gasteiger partial charge in [0.05, 0.1) is 12.1 Å². The Morgan fingerprint density at radius 3 is 2.83 bits per heavy atom. The van der Waals surface area contributed by atoms with Crippen LogP contribution in [0.4, 0.5) is 0 Å². The summed E-state index contributed by atoms with van der Waals surface area (Å²) in [7, 11) is 0. The molecule has 1 aliphatic rings. The normalized spacial score (nSPS) is 16.4. The van der Waals surface area contributed by atoms with E-state index in [2.05, 4.69) is 25.5 Å². The first-order chi connectivity index (χ1) is 14.2. The summed E-state index contributed by atoms with van der Waals surface area (Å²) in [6.45, 7) is 1.20. The molecule has 1 aromatic carbocycles. The summed E-state index contributed by atoms with van der Waals surface area (Å²) >= 11 is 0. The number of H-pyrrole nitrogens is 1. The number of amides is 2. The number of carbonyl (C=O) groups is 2. The zero-order valence-electron chi connectivity index (χ0n) is 15.9. The van der Waals surface area contributed by atoms with E-state index in [0.29, 0.717) is 24.5 Å². The highest BCUT2D eigenvalue weighted by molar-refractivity contribution is 5.96. The molecule has 2 amide bonds. The number of nitrogens with zero attached hydrogens (tertiary/aromatic N) is 4. The molecule has 0 spiro atoms. The van der Waals surface area contributed by atoms with Crippen LogP contribution in [0.5, 0.6) is 0 Å². The van der Waals surface area contributed by atoms with Crippen molar-refractivity contribution < 1.29 is 9.59 Å². The zero-order chi connectivity index (χ0) is 20.1. The number of nitrogens with one attached hydrogen (secondary N) is 2. The minimum absolute atomic E-state index is 0.0356. The number of piperidine rings is 1. The Hall–Kier alpha value is -3.55. The van der Waals surface area contributed by atoms with Crippen LogP contribution < -0.4 is 5.32 Å². The molecule has 8 heteroatoms. The van der Waals surface area contributed by atoms with Gasteiger partial charge in [-0.15, -0.1) is 0 Å². The van der Waals surface area contributed by atoms with E-state index >= 15 is 0 Å². The molecule has 0 saturated carbocycles. The molecule has 3 heterocycles. The molecular weight excluding hydrogens is 368 g/mol. The minimum Gasteiger partial charge on any atom is -0.343 e. The molecule has 3 aromatic rings. The first kappa shape index (κ1) is 18.8. The van der Waals surface area contributed by atoms with Gasteiger partial charge in [0.25, 0.3) is 5.91 Å². The van der Waals surface area contributed by atoms with Crippen LogP contribution in [-0.4, -0.2) is 56.5 Å². The van der Waals surface area contributed by atoms with Gasteiger partial charge in [-0.05, 0) is 25.0 Å². The third-order valence-corrected chi connectivity index (χ3v) is 5.02. The molecule has 2 N–H and O–H groups in total. The third kappa shape index (κ3) is 4.48. The predicted octanol–water partition coefficient (Wildman–Crippen LogP) is 2.00. The zero-order valence-corrected chi connectivity index (χ0v) is 15.9. The smallest absolute Gasteiger partial charge is 0.253 e. The second-order valence-corrected chi connectivity index (χ2v) is 7.01. The average Bonchev–Trinajstić information content (AvgIpc) is 3.29. The van der Waals surface area contributed by atoms with Gasteiger partial charge in [-0.25, -0.2) is 4.98 Å². The van der Waals surface area contributed by atoms with Crippen molar-refractivity contribution >= 4 is 11.8 Å². The second kappa shape index (κ2) is 8.64. The lowest BCUT2D eigenvalue weighted by Crippen LogP contribution is -2.44. The molecule has 2 aromatic heterocycles. The SMILES string of the molecule is O=C(NCC(=O)N1CCCC(c2nc(-c3ccccc3)n[nH]2)C1)c1cccnc1. The number of likely N-dealkylation sites (tertiary alicyclic amines) is 1. The minimum atomic E-state index is -0.303. The number of rotatable bonds is 5. The lowest BCUT2D eigenvalue weighted by Gasteiger charge is -2.31. The van der Waals surface area contributed by atoms with Crippen LogP contribution in [0, 0.1) is 0 Å². The molecule has 148 valence electrons. The van der Waals surface area contributed by atoms with Gasteiger partial charge in [-0.2, -0.15) is 5.10 Å². The second-order valence-electron chi connectivity index (χ2n) is 7.01. The maximum absolute atomic E-state index is 12.6. The van der Waals surface area contributed by atoms with Gasteiger partial charge in [0, 0.05) is 37.0 Å². The molecular formula is C21H22N6O2. The Balaban J connectivity index is 1.35. The lowest BCUT2D eigenvalue weighted by atomic mass is 9.97. The third-order valence-electron chi connectivity index (χ3n) is 5.02. The van der Waals surface area contributed by atoms with E-state index in [-0.39, 0.29) is 24.3 Å². The van der Waals surface area contributed by atoms with Crippen LogP contribution in [-0.2, 0) is 4.79 Å².